The number of ether oxygens (including phenoxy) is 1. The molecule has 8 heteroatoms. The predicted octanol–water partition coefficient (Wildman–Crippen LogP) is -0.00390. The van der Waals surface area contributed by atoms with Crippen molar-refractivity contribution < 1.29 is 4.74 Å². The van der Waals surface area contributed by atoms with E-state index in [1.165, 1.54) is 25.8 Å². The molecule has 0 radical (unpaired) electrons. The van der Waals surface area contributed by atoms with Gasteiger partial charge in [-0.2, -0.15) is 4.98 Å². The first-order valence-corrected chi connectivity index (χ1v) is 6.78. The van der Waals surface area contributed by atoms with Crippen LogP contribution in [0, 0.1) is 0 Å². The van der Waals surface area contributed by atoms with Crippen LogP contribution < -0.4 is 21.7 Å². The van der Waals surface area contributed by atoms with Crippen molar-refractivity contribution in [1.82, 2.24) is 19.1 Å². The average Bonchev–Trinajstić information content (AvgIpc) is 2.57. The standard InChI is InChI=1S/C15H14N4O4/c1-18-12-10(13(20)19(2)15(18)22)11(16-14(21)17-12)8-5-4-6-9(7-8)23-3/h4-7H,1-3H3,(H,16,17,21). The third-order valence-corrected chi connectivity index (χ3v) is 3.68. The summed E-state index contributed by atoms with van der Waals surface area (Å²) in [5.41, 5.74) is -0.778. The number of hydrogen-bond acceptors (Lipinski definition) is 5. The van der Waals surface area contributed by atoms with Crippen molar-refractivity contribution in [2.75, 3.05) is 7.11 Å². The molecule has 118 valence electrons. The summed E-state index contributed by atoms with van der Waals surface area (Å²) in [5.74, 6) is 0.579. The van der Waals surface area contributed by atoms with E-state index in [-0.39, 0.29) is 11.0 Å². The minimum atomic E-state index is -0.640. The summed E-state index contributed by atoms with van der Waals surface area (Å²) in [5, 5.41) is 0.169. The van der Waals surface area contributed by atoms with Gasteiger partial charge in [0, 0.05) is 19.7 Å². The first-order valence-electron chi connectivity index (χ1n) is 6.78. The van der Waals surface area contributed by atoms with Gasteiger partial charge in [0.05, 0.1) is 12.8 Å². The zero-order valence-electron chi connectivity index (χ0n) is 12.8. The van der Waals surface area contributed by atoms with E-state index in [1.807, 2.05) is 0 Å². The Kier molecular flexibility index (Phi) is 3.36. The number of benzene rings is 1. The average molecular weight is 314 g/mol. The molecule has 0 aliphatic carbocycles. The van der Waals surface area contributed by atoms with E-state index < -0.39 is 16.9 Å². The lowest BCUT2D eigenvalue weighted by molar-refractivity contribution is 0.415. The van der Waals surface area contributed by atoms with E-state index in [9.17, 15) is 14.4 Å². The van der Waals surface area contributed by atoms with Crippen LogP contribution in [0.2, 0.25) is 0 Å². The minimum Gasteiger partial charge on any atom is -0.497 e. The number of fused-ring (bicyclic) bond motifs is 1. The Hall–Kier alpha value is -3.16. The van der Waals surface area contributed by atoms with Gasteiger partial charge < -0.3 is 9.72 Å². The predicted molar refractivity (Wildman–Crippen MR) is 84.8 cm³/mol. The number of aryl methyl sites for hydroxylation is 1. The highest BCUT2D eigenvalue weighted by Gasteiger charge is 2.16. The van der Waals surface area contributed by atoms with Crippen LogP contribution in [0.1, 0.15) is 0 Å². The van der Waals surface area contributed by atoms with Crippen molar-refractivity contribution in [1.29, 1.82) is 0 Å². The van der Waals surface area contributed by atoms with Gasteiger partial charge in [-0.15, -0.1) is 0 Å². The Morgan fingerprint density at radius 3 is 2.57 bits per heavy atom. The minimum absolute atomic E-state index is 0.0414. The van der Waals surface area contributed by atoms with E-state index in [4.69, 9.17) is 4.74 Å². The third kappa shape index (κ3) is 2.24. The number of methoxy groups -OCH3 is 1. The van der Waals surface area contributed by atoms with Crippen LogP contribution in [0.3, 0.4) is 0 Å². The topological polar surface area (TPSA) is 99.0 Å². The Morgan fingerprint density at radius 2 is 1.87 bits per heavy atom. The molecule has 3 rings (SSSR count). The SMILES string of the molecule is COc1cccc(-c2[nH]c(=O)nc3c2c(=O)n(C)c(=O)n3C)c1. The summed E-state index contributed by atoms with van der Waals surface area (Å²) >= 11 is 0. The van der Waals surface area contributed by atoms with Crippen LogP contribution in [0.5, 0.6) is 5.75 Å². The summed E-state index contributed by atoms with van der Waals surface area (Å²) in [6.45, 7) is 0. The van der Waals surface area contributed by atoms with Crippen molar-refractivity contribution >= 4 is 11.0 Å². The zero-order chi connectivity index (χ0) is 16.7. The molecule has 0 fully saturated rings. The van der Waals surface area contributed by atoms with Gasteiger partial charge in [-0.1, -0.05) is 12.1 Å². The van der Waals surface area contributed by atoms with Crippen molar-refractivity contribution in [3.05, 3.63) is 55.6 Å². The number of rotatable bonds is 2. The Morgan fingerprint density at radius 1 is 1.13 bits per heavy atom. The van der Waals surface area contributed by atoms with Crippen LogP contribution in [0.4, 0.5) is 0 Å². The van der Waals surface area contributed by atoms with Gasteiger partial charge in [0.2, 0.25) is 0 Å². The summed E-state index contributed by atoms with van der Waals surface area (Å²) in [6.07, 6.45) is 0. The van der Waals surface area contributed by atoms with Gasteiger partial charge in [0.25, 0.3) is 5.56 Å². The molecular weight excluding hydrogens is 300 g/mol. The molecule has 0 atom stereocenters. The molecule has 3 aromatic rings. The van der Waals surface area contributed by atoms with Crippen molar-refractivity contribution in [2.45, 2.75) is 0 Å². The van der Waals surface area contributed by atoms with E-state index in [0.717, 1.165) is 4.57 Å². The van der Waals surface area contributed by atoms with Crippen molar-refractivity contribution in [3.63, 3.8) is 0 Å². The van der Waals surface area contributed by atoms with Gasteiger partial charge in [0.1, 0.15) is 11.1 Å². The second-order valence-corrected chi connectivity index (χ2v) is 5.05. The van der Waals surface area contributed by atoms with Crippen LogP contribution in [0.25, 0.3) is 22.3 Å². The maximum atomic E-state index is 12.5. The number of aromatic amines is 1. The smallest absolute Gasteiger partial charge is 0.347 e. The molecule has 0 unspecified atom stereocenters. The fourth-order valence-corrected chi connectivity index (χ4v) is 2.47. The van der Waals surface area contributed by atoms with E-state index in [2.05, 4.69) is 9.97 Å². The Labute approximate surface area is 129 Å². The molecule has 0 saturated carbocycles. The van der Waals surface area contributed by atoms with Crippen LogP contribution in [-0.4, -0.2) is 26.2 Å². The van der Waals surface area contributed by atoms with Crippen LogP contribution in [-0.2, 0) is 14.1 Å². The molecule has 0 amide bonds. The molecule has 0 saturated heterocycles. The fourth-order valence-electron chi connectivity index (χ4n) is 2.47. The van der Waals surface area contributed by atoms with Gasteiger partial charge in [-0.05, 0) is 12.1 Å². The summed E-state index contributed by atoms with van der Waals surface area (Å²) in [7, 11) is 4.37. The monoisotopic (exact) mass is 314 g/mol. The second-order valence-electron chi connectivity index (χ2n) is 5.05. The Balaban J connectivity index is 2.53. The normalized spacial score (nSPS) is 10.9. The lowest BCUT2D eigenvalue weighted by Gasteiger charge is -2.10. The van der Waals surface area contributed by atoms with Crippen molar-refractivity contribution in [2.24, 2.45) is 14.1 Å². The third-order valence-electron chi connectivity index (χ3n) is 3.68. The van der Waals surface area contributed by atoms with E-state index in [1.54, 1.807) is 24.3 Å². The Bertz CT molecular complexity index is 1090. The number of aromatic nitrogens is 4. The fraction of sp³-hybridized carbons (Fsp3) is 0.200. The molecule has 1 aromatic carbocycles. The van der Waals surface area contributed by atoms with Crippen molar-refractivity contribution in [3.8, 4) is 17.0 Å². The molecule has 1 N–H and O–H groups in total. The highest BCUT2D eigenvalue weighted by Crippen LogP contribution is 2.24. The molecule has 0 spiro atoms. The largest absolute Gasteiger partial charge is 0.497 e. The lowest BCUT2D eigenvalue weighted by Crippen LogP contribution is -2.38. The quantitative estimate of drug-likeness (QED) is 0.717. The number of H-pyrrole nitrogens is 1. The highest BCUT2D eigenvalue weighted by atomic mass is 16.5. The molecule has 8 nitrogen and oxygen atoms in total. The van der Waals surface area contributed by atoms with E-state index in [0.29, 0.717) is 17.0 Å². The first kappa shape index (κ1) is 14.8. The van der Waals surface area contributed by atoms with Gasteiger partial charge in [0.15, 0.2) is 5.65 Å². The maximum Gasteiger partial charge on any atom is 0.347 e. The zero-order valence-corrected chi connectivity index (χ0v) is 12.8. The van der Waals surface area contributed by atoms with Crippen LogP contribution in [0.15, 0.2) is 38.6 Å². The number of nitrogens with one attached hydrogen (secondary N) is 1. The van der Waals surface area contributed by atoms with E-state index >= 15 is 0 Å². The van der Waals surface area contributed by atoms with Gasteiger partial charge in [-0.25, -0.2) is 9.59 Å². The summed E-state index contributed by atoms with van der Waals surface area (Å²) < 4.78 is 7.32. The second kappa shape index (κ2) is 5.24. The molecule has 2 aromatic heterocycles. The van der Waals surface area contributed by atoms with Gasteiger partial charge in [-0.3, -0.25) is 13.9 Å². The molecule has 0 bridgehead atoms. The first-order chi connectivity index (χ1) is 10.9. The summed E-state index contributed by atoms with van der Waals surface area (Å²) in [4.78, 5) is 42.8. The maximum absolute atomic E-state index is 12.5. The molecule has 23 heavy (non-hydrogen) atoms. The number of nitrogens with zero attached hydrogens (tertiary/aromatic N) is 3. The van der Waals surface area contributed by atoms with Gasteiger partial charge >= 0.3 is 11.4 Å². The highest BCUT2D eigenvalue weighted by molar-refractivity contribution is 5.89. The lowest BCUT2D eigenvalue weighted by atomic mass is 10.1. The molecule has 0 aliphatic rings. The number of hydrogen-bond donors (Lipinski definition) is 1. The molecular formula is C15H14N4O4. The summed E-state index contributed by atoms with van der Waals surface area (Å²) in [6, 6.07) is 6.91. The molecule has 2 heterocycles. The molecule has 0 aliphatic heterocycles. The van der Waals surface area contributed by atoms with Crippen LogP contribution >= 0.6 is 0 Å².